The van der Waals surface area contributed by atoms with Crippen molar-refractivity contribution in [1.82, 2.24) is 0 Å². The molecule has 46 heavy (non-hydrogen) atoms. The van der Waals surface area contributed by atoms with E-state index < -0.39 is 0 Å². The van der Waals surface area contributed by atoms with Gasteiger partial charge in [0.2, 0.25) is 0 Å². The fourth-order valence-electron chi connectivity index (χ4n) is 12.5. The van der Waals surface area contributed by atoms with Crippen LogP contribution in [-0.2, 0) is 5.41 Å². The van der Waals surface area contributed by atoms with Crippen molar-refractivity contribution in [2.24, 2.45) is 58.2 Å². The minimum absolute atomic E-state index is 0.00688. The molecule has 0 heterocycles. The molecule has 1 aromatic rings. The van der Waals surface area contributed by atoms with Crippen molar-refractivity contribution in [2.45, 2.75) is 90.9 Å². The quantitative estimate of drug-likeness (QED) is 0.261. The highest BCUT2D eigenvalue weighted by molar-refractivity contribution is 5.87. The van der Waals surface area contributed by atoms with Gasteiger partial charge in [0.15, 0.2) is 0 Å². The molecule has 0 saturated heterocycles. The van der Waals surface area contributed by atoms with E-state index >= 15 is 0 Å². The normalized spacial score (nSPS) is 42.0. The van der Waals surface area contributed by atoms with Crippen LogP contribution in [0.1, 0.15) is 102 Å². The molecule has 1 nitrogen and oxygen atoms in total. The SMILES string of the molecule is CC1(C)C2=C(C=CC(C3C=CC4C5=C(CCC=C5)C(C)(C)C4C3)C2)c2ccc(C3C=CC4C5C=CCCC5C(C)(C=N)C4C3)cc21. The third-order valence-electron chi connectivity index (χ3n) is 15.2. The molecule has 0 radical (unpaired) electrons. The Balaban J connectivity index is 0.959. The van der Waals surface area contributed by atoms with E-state index in [9.17, 15) is 0 Å². The van der Waals surface area contributed by atoms with Gasteiger partial charge in [0.05, 0.1) is 0 Å². The highest BCUT2D eigenvalue weighted by atomic mass is 14.6. The van der Waals surface area contributed by atoms with Gasteiger partial charge >= 0.3 is 0 Å². The van der Waals surface area contributed by atoms with Crippen LogP contribution in [-0.4, -0.2) is 6.21 Å². The van der Waals surface area contributed by atoms with Crippen molar-refractivity contribution in [3.63, 3.8) is 0 Å². The molecule has 1 fully saturated rings. The third kappa shape index (κ3) is 3.90. The van der Waals surface area contributed by atoms with Gasteiger partial charge in [-0.2, -0.15) is 0 Å². The Morgan fingerprint density at radius 2 is 1.61 bits per heavy atom. The summed E-state index contributed by atoms with van der Waals surface area (Å²) >= 11 is 0. The Morgan fingerprint density at radius 1 is 0.761 bits per heavy atom. The van der Waals surface area contributed by atoms with Gasteiger partial charge in [-0.1, -0.05) is 125 Å². The maximum Gasteiger partial charge on any atom is 0.0121 e. The van der Waals surface area contributed by atoms with E-state index in [0.717, 1.165) is 5.92 Å². The maximum absolute atomic E-state index is 8.55. The van der Waals surface area contributed by atoms with Crippen LogP contribution < -0.4 is 0 Å². The van der Waals surface area contributed by atoms with Crippen LogP contribution in [0.2, 0.25) is 0 Å². The number of hydrogen-bond donors (Lipinski definition) is 1. The van der Waals surface area contributed by atoms with Crippen molar-refractivity contribution in [3.8, 4) is 0 Å². The number of hydrogen-bond acceptors (Lipinski definition) is 1. The molecule has 1 aromatic carbocycles. The van der Waals surface area contributed by atoms with Crippen LogP contribution in [0.25, 0.3) is 5.57 Å². The molecule has 0 aliphatic heterocycles. The molecule has 0 amide bonds. The molecule has 238 valence electrons. The summed E-state index contributed by atoms with van der Waals surface area (Å²) in [5.41, 5.74) is 11.4. The summed E-state index contributed by atoms with van der Waals surface area (Å²) < 4.78 is 0. The Morgan fingerprint density at radius 3 is 2.46 bits per heavy atom. The maximum atomic E-state index is 8.55. The van der Waals surface area contributed by atoms with Gasteiger partial charge in [-0.05, 0) is 120 Å². The Kier molecular flexibility index (Phi) is 6.38. The number of benzene rings is 1. The molecule has 9 rings (SSSR count). The van der Waals surface area contributed by atoms with E-state index in [1.54, 1.807) is 16.7 Å². The highest BCUT2D eigenvalue weighted by Gasteiger charge is 2.56. The topological polar surface area (TPSA) is 23.9 Å². The van der Waals surface area contributed by atoms with E-state index in [2.05, 4.69) is 114 Å². The lowest BCUT2D eigenvalue weighted by atomic mass is 9.64. The first kappa shape index (κ1) is 29.2. The molecule has 10 atom stereocenters. The first-order chi connectivity index (χ1) is 22.1. The molecule has 0 aromatic heterocycles. The summed E-state index contributed by atoms with van der Waals surface area (Å²) in [4.78, 5) is 0. The summed E-state index contributed by atoms with van der Waals surface area (Å²) in [7, 11) is 0. The van der Waals surface area contributed by atoms with Crippen molar-refractivity contribution >= 4 is 11.8 Å². The molecule has 8 aliphatic carbocycles. The first-order valence-corrected chi connectivity index (χ1v) is 18.6. The van der Waals surface area contributed by atoms with E-state index in [0.29, 0.717) is 52.8 Å². The van der Waals surface area contributed by atoms with E-state index in [-0.39, 0.29) is 10.8 Å². The van der Waals surface area contributed by atoms with Gasteiger partial charge in [-0.25, -0.2) is 0 Å². The summed E-state index contributed by atoms with van der Waals surface area (Å²) in [6.07, 6.45) is 35.6. The van der Waals surface area contributed by atoms with Crippen LogP contribution in [0.5, 0.6) is 0 Å². The number of allylic oxidation sites excluding steroid dienone is 14. The highest BCUT2D eigenvalue weighted by Crippen LogP contribution is 2.62. The second kappa shape index (κ2) is 10.0. The Labute approximate surface area is 277 Å². The molecule has 1 saturated carbocycles. The van der Waals surface area contributed by atoms with Crippen molar-refractivity contribution in [1.29, 1.82) is 5.41 Å². The molecular formula is C45H53N. The number of rotatable bonds is 3. The number of fused-ring (bicyclic) bond motifs is 7. The first-order valence-electron chi connectivity index (χ1n) is 18.6. The summed E-state index contributed by atoms with van der Waals surface area (Å²) in [5.74, 6) is 5.37. The van der Waals surface area contributed by atoms with Gasteiger partial charge in [-0.3, -0.25) is 0 Å². The molecule has 1 heteroatoms. The Hall–Kier alpha value is -2.93. The predicted octanol–water partition coefficient (Wildman–Crippen LogP) is 11.3. The largest absolute Gasteiger partial charge is 0.313 e. The lowest BCUT2D eigenvalue weighted by molar-refractivity contribution is 0.189. The van der Waals surface area contributed by atoms with Crippen molar-refractivity contribution in [3.05, 3.63) is 112 Å². The van der Waals surface area contributed by atoms with Gasteiger partial charge in [0.1, 0.15) is 0 Å². The van der Waals surface area contributed by atoms with E-state index in [1.165, 1.54) is 67.2 Å². The van der Waals surface area contributed by atoms with E-state index in [1.807, 2.05) is 6.21 Å². The van der Waals surface area contributed by atoms with Gasteiger partial charge < -0.3 is 5.41 Å². The van der Waals surface area contributed by atoms with Crippen molar-refractivity contribution in [2.75, 3.05) is 0 Å². The van der Waals surface area contributed by atoms with Crippen molar-refractivity contribution < 1.29 is 0 Å². The number of nitrogens with one attached hydrogen (secondary N) is 1. The molecule has 0 spiro atoms. The lowest BCUT2D eigenvalue weighted by Gasteiger charge is -2.40. The zero-order valence-corrected chi connectivity index (χ0v) is 28.7. The van der Waals surface area contributed by atoms with Crippen LogP contribution in [0, 0.1) is 63.6 Å². The van der Waals surface area contributed by atoms with Gasteiger partial charge in [-0.15, -0.1) is 0 Å². The Bertz CT molecular complexity index is 1710. The minimum Gasteiger partial charge on any atom is -0.313 e. The smallest absolute Gasteiger partial charge is 0.0121 e. The molecule has 1 N–H and O–H groups in total. The predicted molar refractivity (Wildman–Crippen MR) is 193 cm³/mol. The lowest BCUT2D eigenvalue weighted by Crippen LogP contribution is -2.34. The minimum atomic E-state index is 0.00688. The molecular weight excluding hydrogens is 555 g/mol. The average Bonchev–Trinajstić information content (AvgIpc) is 3.58. The molecule has 0 bridgehead atoms. The van der Waals surface area contributed by atoms with Gasteiger partial charge in [0, 0.05) is 28.9 Å². The summed E-state index contributed by atoms with van der Waals surface area (Å²) in [6, 6.07) is 7.49. The van der Waals surface area contributed by atoms with Crippen LogP contribution in [0.4, 0.5) is 0 Å². The molecule has 8 aliphatic rings. The zero-order chi connectivity index (χ0) is 31.6. The third-order valence-corrected chi connectivity index (χ3v) is 15.2. The monoisotopic (exact) mass is 607 g/mol. The van der Waals surface area contributed by atoms with E-state index in [4.69, 9.17) is 5.41 Å². The van der Waals surface area contributed by atoms with Crippen LogP contribution >= 0.6 is 0 Å². The van der Waals surface area contributed by atoms with Crippen LogP contribution in [0.3, 0.4) is 0 Å². The standard InChI is InChI=1S/C45H53N/c1-43(2)37-12-8-6-10-31(37)33-18-14-27(22-39(33)43)28-15-19-34-35-20-16-29(24-41(35)44(3,4)40(34)23-28)30-17-21-36-32-11-7-9-13-38(32)45(5,26-46)42(36)25-30/h6-7,10-11,14-21,24,26-28,30,32-33,36,38-39,42,46H,8-9,12-13,22-23,25H2,1-5H3. The summed E-state index contributed by atoms with van der Waals surface area (Å²) in [5, 5.41) is 8.55. The zero-order valence-electron chi connectivity index (χ0n) is 28.7. The fourth-order valence-corrected chi connectivity index (χ4v) is 12.5. The van der Waals surface area contributed by atoms with Gasteiger partial charge in [0.25, 0.3) is 0 Å². The summed E-state index contributed by atoms with van der Waals surface area (Å²) in [6.45, 7) is 12.5. The van der Waals surface area contributed by atoms with Crippen LogP contribution in [0.15, 0.2) is 95.7 Å². The molecule has 10 unspecified atom stereocenters. The second-order valence-electron chi connectivity index (χ2n) is 17.7. The average molecular weight is 608 g/mol. The fraction of sp³-hybridized carbons (Fsp3) is 0.533. The second-order valence-corrected chi connectivity index (χ2v) is 17.7.